The summed E-state index contributed by atoms with van der Waals surface area (Å²) in [5.74, 6) is -0.813. The van der Waals surface area contributed by atoms with Gasteiger partial charge in [0.05, 0.1) is 11.9 Å². The second-order valence-electron chi connectivity index (χ2n) is 6.96. The first-order valence-corrected chi connectivity index (χ1v) is 12.6. The number of amides is 2. The zero-order chi connectivity index (χ0) is 23.2. The van der Waals surface area contributed by atoms with Crippen molar-refractivity contribution in [3.05, 3.63) is 63.6 Å². The fourth-order valence-corrected chi connectivity index (χ4v) is 4.15. The average Bonchev–Trinajstić information content (AvgIpc) is 2.71. The largest absolute Gasteiger partial charge is 0.355 e. The van der Waals surface area contributed by atoms with E-state index < -0.39 is 28.5 Å². The molecule has 31 heavy (non-hydrogen) atoms. The van der Waals surface area contributed by atoms with Crippen LogP contribution in [0.3, 0.4) is 0 Å². The Bertz CT molecular complexity index is 1010. The summed E-state index contributed by atoms with van der Waals surface area (Å²) < 4.78 is 26.7. The molecule has 10 heteroatoms. The van der Waals surface area contributed by atoms with Gasteiger partial charge in [-0.25, -0.2) is 8.42 Å². The molecule has 0 heterocycles. The summed E-state index contributed by atoms with van der Waals surface area (Å²) in [4.78, 5) is 27.1. The van der Waals surface area contributed by atoms with Gasteiger partial charge in [-0.3, -0.25) is 13.9 Å². The van der Waals surface area contributed by atoms with Gasteiger partial charge in [-0.15, -0.1) is 0 Å². The van der Waals surface area contributed by atoms with Gasteiger partial charge < -0.3 is 10.2 Å². The molecule has 0 aliphatic heterocycles. The number of carbonyl (C=O) groups excluding carboxylic acids is 2. The molecule has 7 nitrogen and oxygen atoms in total. The summed E-state index contributed by atoms with van der Waals surface area (Å²) in [5.41, 5.74) is 1.12. The van der Waals surface area contributed by atoms with Crippen LogP contribution >= 0.6 is 27.5 Å². The monoisotopic (exact) mass is 529 g/mol. The maximum Gasteiger partial charge on any atom is 0.244 e. The standard InChI is InChI=1S/C21H25BrClN3O4S/c1-4-24-21(28)15(2)25(13-16-5-7-17(22)8-6-16)20(27)14-26(31(3,29)30)19-11-9-18(23)10-12-19/h5-12,15H,4,13-14H2,1-3H3,(H,24,28)/t15-/m0/s1. The Morgan fingerprint density at radius 2 is 1.68 bits per heavy atom. The molecule has 0 radical (unpaired) electrons. The van der Waals surface area contributed by atoms with E-state index in [0.29, 0.717) is 17.3 Å². The Morgan fingerprint density at radius 3 is 2.19 bits per heavy atom. The number of hydrogen-bond acceptors (Lipinski definition) is 4. The number of likely N-dealkylation sites (N-methyl/N-ethyl adjacent to an activating group) is 1. The van der Waals surface area contributed by atoms with Gasteiger partial charge >= 0.3 is 0 Å². The lowest BCUT2D eigenvalue weighted by molar-refractivity contribution is -0.139. The molecule has 2 aromatic carbocycles. The van der Waals surface area contributed by atoms with E-state index in [1.807, 2.05) is 24.3 Å². The minimum absolute atomic E-state index is 0.155. The Balaban J connectivity index is 2.35. The molecule has 0 saturated heterocycles. The van der Waals surface area contributed by atoms with Crippen LogP contribution in [-0.4, -0.2) is 50.5 Å². The minimum Gasteiger partial charge on any atom is -0.355 e. The summed E-state index contributed by atoms with van der Waals surface area (Å²) >= 11 is 9.27. The Hall–Kier alpha value is -2.10. The number of rotatable bonds is 9. The van der Waals surface area contributed by atoms with Gasteiger partial charge in [0, 0.05) is 22.6 Å². The number of carbonyl (C=O) groups is 2. The average molecular weight is 531 g/mol. The van der Waals surface area contributed by atoms with Gasteiger partial charge in [-0.2, -0.15) is 0 Å². The summed E-state index contributed by atoms with van der Waals surface area (Å²) in [7, 11) is -3.76. The number of hydrogen-bond donors (Lipinski definition) is 1. The lowest BCUT2D eigenvalue weighted by Gasteiger charge is -2.31. The second-order valence-corrected chi connectivity index (χ2v) is 10.2. The van der Waals surface area contributed by atoms with E-state index in [4.69, 9.17) is 11.6 Å². The van der Waals surface area contributed by atoms with Crippen LogP contribution in [0.4, 0.5) is 5.69 Å². The number of halogens is 2. The second kappa shape index (κ2) is 11.0. The van der Waals surface area contributed by atoms with E-state index in [1.165, 1.54) is 17.0 Å². The molecule has 0 bridgehead atoms. The number of nitrogens with one attached hydrogen (secondary N) is 1. The highest BCUT2D eigenvalue weighted by Gasteiger charge is 2.29. The number of benzene rings is 2. The minimum atomic E-state index is -3.76. The predicted octanol–water partition coefficient (Wildman–Crippen LogP) is 3.42. The van der Waals surface area contributed by atoms with Crippen LogP contribution in [0.1, 0.15) is 19.4 Å². The van der Waals surface area contributed by atoms with Gasteiger partial charge in [0.1, 0.15) is 12.6 Å². The van der Waals surface area contributed by atoms with Crippen LogP contribution < -0.4 is 9.62 Å². The molecule has 1 N–H and O–H groups in total. The smallest absolute Gasteiger partial charge is 0.244 e. The van der Waals surface area contributed by atoms with Crippen LogP contribution in [0.15, 0.2) is 53.0 Å². The number of anilines is 1. The van der Waals surface area contributed by atoms with Crippen molar-refractivity contribution in [1.29, 1.82) is 0 Å². The van der Waals surface area contributed by atoms with Crippen molar-refractivity contribution in [3.63, 3.8) is 0 Å². The van der Waals surface area contributed by atoms with Crippen molar-refractivity contribution in [3.8, 4) is 0 Å². The molecule has 168 valence electrons. The predicted molar refractivity (Wildman–Crippen MR) is 126 cm³/mol. The van der Waals surface area contributed by atoms with Gasteiger partial charge in [-0.05, 0) is 55.8 Å². The molecule has 2 rings (SSSR count). The van der Waals surface area contributed by atoms with Crippen molar-refractivity contribution in [2.75, 3.05) is 23.7 Å². The molecule has 2 aromatic rings. The topological polar surface area (TPSA) is 86.8 Å². The molecule has 0 saturated carbocycles. The van der Waals surface area contributed by atoms with Crippen molar-refractivity contribution < 1.29 is 18.0 Å². The Labute approximate surface area is 196 Å². The maximum atomic E-state index is 13.3. The van der Waals surface area contributed by atoms with Crippen LogP contribution in [0.5, 0.6) is 0 Å². The molecule has 0 fully saturated rings. The summed E-state index contributed by atoms with van der Waals surface area (Å²) in [6.07, 6.45) is 1.03. The van der Waals surface area contributed by atoms with Gasteiger partial charge in [-0.1, -0.05) is 39.7 Å². The van der Waals surface area contributed by atoms with Gasteiger partial charge in [0.2, 0.25) is 21.8 Å². The quantitative estimate of drug-likeness (QED) is 0.538. The van der Waals surface area contributed by atoms with Crippen LogP contribution in [0, 0.1) is 0 Å². The Morgan fingerprint density at radius 1 is 1.10 bits per heavy atom. The van der Waals surface area contributed by atoms with Gasteiger partial charge in [0.25, 0.3) is 0 Å². The van der Waals surface area contributed by atoms with Crippen LogP contribution in [0.2, 0.25) is 5.02 Å². The highest BCUT2D eigenvalue weighted by atomic mass is 79.9. The van der Waals surface area contributed by atoms with Crippen LogP contribution in [-0.2, 0) is 26.2 Å². The van der Waals surface area contributed by atoms with Crippen molar-refractivity contribution in [1.82, 2.24) is 10.2 Å². The van der Waals surface area contributed by atoms with E-state index in [9.17, 15) is 18.0 Å². The van der Waals surface area contributed by atoms with E-state index in [-0.39, 0.29) is 12.5 Å². The number of sulfonamides is 1. The molecule has 0 unspecified atom stereocenters. The first kappa shape index (κ1) is 25.2. The number of nitrogens with zero attached hydrogens (tertiary/aromatic N) is 2. The SMILES string of the molecule is CCNC(=O)[C@H](C)N(Cc1ccc(Br)cc1)C(=O)CN(c1ccc(Cl)cc1)S(C)(=O)=O. The third-order valence-corrected chi connectivity index (χ3v) is 6.50. The molecule has 0 aromatic heterocycles. The van der Waals surface area contributed by atoms with Gasteiger partial charge in [0.15, 0.2) is 0 Å². The summed E-state index contributed by atoms with van der Waals surface area (Å²) in [5, 5.41) is 3.16. The third-order valence-electron chi connectivity index (χ3n) is 4.58. The van der Waals surface area contributed by atoms with E-state index in [0.717, 1.165) is 20.6 Å². The maximum absolute atomic E-state index is 13.3. The molecular weight excluding hydrogens is 506 g/mol. The zero-order valence-electron chi connectivity index (χ0n) is 17.5. The van der Waals surface area contributed by atoms with Crippen molar-refractivity contribution >= 4 is 55.1 Å². The lowest BCUT2D eigenvalue weighted by atomic mass is 10.1. The normalized spacial score (nSPS) is 12.2. The molecule has 0 aliphatic rings. The van der Waals surface area contributed by atoms with E-state index in [2.05, 4.69) is 21.2 Å². The highest BCUT2D eigenvalue weighted by Crippen LogP contribution is 2.21. The molecule has 2 amide bonds. The van der Waals surface area contributed by atoms with E-state index >= 15 is 0 Å². The molecule has 0 spiro atoms. The summed E-state index contributed by atoms with van der Waals surface area (Å²) in [6, 6.07) is 12.7. The van der Waals surface area contributed by atoms with Crippen LogP contribution in [0.25, 0.3) is 0 Å². The third kappa shape index (κ3) is 7.22. The first-order chi connectivity index (χ1) is 14.5. The fourth-order valence-electron chi connectivity index (χ4n) is 2.91. The van der Waals surface area contributed by atoms with Crippen molar-refractivity contribution in [2.24, 2.45) is 0 Å². The van der Waals surface area contributed by atoms with E-state index in [1.54, 1.807) is 26.0 Å². The van der Waals surface area contributed by atoms with Crippen molar-refractivity contribution in [2.45, 2.75) is 26.4 Å². The fraction of sp³-hybridized carbons (Fsp3) is 0.333. The lowest BCUT2D eigenvalue weighted by Crippen LogP contribution is -2.51. The Kier molecular flexibility index (Phi) is 8.90. The molecule has 0 aliphatic carbocycles. The first-order valence-electron chi connectivity index (χ1n) is 9.57. The molecular formula is C21H25BrClN3O4S. The zero-order valence-corrected chi connectivity index (χ0v) is 20.7. The summed E-state index contributed by atoms with van der Waals surface area (Å²) in [6.45, 7) is 3.54. The molecule has 1 atom stereocenters. The highest BCUT2D eigenvalue weighted by molar-refractivity contribution is 9.10.